The van der Waals surface area contributed by atoms with Gasteiger partial charge in [-0.1, -0.05) is 38.1 Å². The summed E-state index contributed by atoms with van der Waals surface area (Å²) in [4.78, 5) is 51.3. The molecule has 0 radical (unpaired) electrons. The highest BCUT2D eigenvalue weighted by Crippen LogP contribution is 2.14. The van der Waals surface area contributed by atoms with Gasteiger partial charge < -0.3 is 37.0 Å². The van der Waals surface area contributed by atoms with Crippen molar-refractivity contribution in [3.05, 3.63) is 59.7 Å². The smallest absolute Gasteiger partial charge is 0.326 e. The SMILES string of the molecule is CSCCC(NC(=O)C(CC(C)C)NC(=O)C(N)Cc1ccc(O)cc1)C(=O)NC(Cc1ccc(O)cc1)C(=O)O. The van der Waals surface area contributed by atoms with Crippen LogP contribution in [-0.2, 0) is 32.0 Å². The van der Waals surface area contributed by atoms with Crippen molar-refractivity contribution in [1.29, 1.82) is 0 Å². The molecule has 0 heterocycles. The van der Waals surface area contributed by atoms with Gasteiger partial charge in [0.2, 0.25) is 17.7 Å². The molecule has 4 atom stereocenters. The second-order valence-electron chi connectivity index (χ2n) is 10.3. The number of carboxylic acids is 1. The van der Waals surface area contributed by atoms with Gasteiger partial charge in [-0.05, 0) is 72.6 Å². The number of nitrogens with two attached hydrogens (primary N) is 1. The Balaban J connectivity index is 2.11. The number of rotatable bonds is 16. The van der Waals surface area contributed by atoms with Crippen LogP contribution in [0.3, 0.4) is 0 Å². The average Bonchev–Trinajstić information content (AvgIpc) is 2.92. The van der Waals surface area contributed by atoms with Crippen molar-refractivity contribution in [3.8, 4) is 11.5 Å². The number of carbonyl (C=O) groups is 4. The number of hydrogen-bond acceptors (Lipinski definition) is 8. The minimum absolute atomic E-state index is 0.0184. The molecule has 0 saturated carbocycles. The predicted molar refractivity (Wildman–Crippen MR) is 157 cm³/mol. The molecule has 2 aromatic carbocycles. The van der Waals surface area contributed by atoms with Gasteiger partial charge in [0.25, 0.3) is 0 Å². The molecule has 12 heteroatoms. The second-order valence-corrected chi connectivity index (χ2v) is 11.3. The van der Waals surface area contributed by atoms with Crippen molar-refractivity contribution in [2.75, 3.05) is 12.0 Å². The molecule has 0 spiro atoms. The summed E-state index contributed by atoms with van der Waals surface area (Å²) in [5.74, 6) is -2.33. The Bertz CT molecular complexity index is 1160. The Morgan fingerprint density at radius 2 is 1.22 bits per heavy atom. The molecule has 0 saturated heterocycles. The van der Waals surface area contributed by atoms with Crippen LogP contribution in [-0.4, -0.2) is 75.2 Å². The van der Waals surface area contributed by atoms with E-state index in [-0.39, 0.29) is 36.7 Å². The molecule has 41 heavy (non-hydrogen) atoms. The number of thioether (sulfide) groups is 1. The summed E-state index contributed by atoms with van der Waals surface area (Å²) in [5.41, 5.74) is 7.43. The molecule has 2 rings (SSSR count). The number of nitrogens with one attached hydrogen (secondary N) is 3. The van der Waals surface area contributed by atoms with Crippen LogP contribution in [0.2, 0.25) is 0 Å². The van der Waals surface area contributed by atoms with Gasteiger partial charge in [0, 0.05) is 6.42 Å². The van der Waals surface area contributed by atoms with Gasteiger partial charge in [-0.3, -0.25) is 14.4 Å². The molecule has 0 aliphatic carbocycles. The van der Waals surface area contributed by atoms with Gasteiger partial charge in [0.1, 0.15) is 29.6 Å². The van der Waals surface area contributed by atoms with Crippen molar-refractivity contribution in [3.63, 3.8) is 0 Å². The third kappa shape index (κ3) is 11.7. The fourth-order valence-electron chi connectivity index (χ4n) is 4.08. The lowest BCUT2D eigenvalue weighted by molar-refractivity contribution is -0.142. The number of amides is 3. The minimum atomic E-state index is -1.26. The van der Waals surface area contributed by atoms with Crippen LogP contribution in [0.4, 0.5) is 0 Å². The maximum Gasteiger partial charge on any atom is 0.326 e. The van der Waals surface area contributed by atoms with Crippen LogP contribution in [0.1, 0.15) is 37.8 Å². The first-order valence-corrected chi connectivity index (χ1v) is 14.7. The highest BCUT2D eigenvalue weighted by atomic mass is 32.2. The number of aromatic hydroxyl groups is 2. The van der Waals surface area contributed by atoms with Crippen LogP contribution in [0, 0.1) is 5.92 Å². The quantitative estimate of drug-likeness (QED) is 0.152. The monoisotopic (exact) mass is 588 g/mol. The molecule has 0 aliphatic rings. The molecule has 8 N–H and O–H groups in total. The Kier molecular flexibility index (Phi) is 13.4. The van der Waals surface area contributed by atoms with E-state index in [0.29, 0.717) is 17.7 Å². The summed E-state index contributed by atoms with van der Waals surface area (Å²) < 4.78 is 0. The van der Waals surface area contributed by atoms with E-state index in [1.54, 1.807) is 24.3 Å². The number of phenolic OH excluding ortho intramolecular Hbond substituents is 2. The molecule has 4 unspecified atom stereocenters. The summed E-state index contributed by atoms with van der Waals surface area (Å²) in [6.45, 7) is 3.78. The summed E-state index contributed by atoms with van der Waals surface area (Å²) >= 11 is 1.47. The molecular weight excluding hydrogens is 548 g/mol. The van der Waals surface area contributed by atoms with E-state index >= 15 is 0 Å². The van der Waals surface area contributed by atoms with E-state index < -0.39 is 47.9 Å². The number of benzene rings is 2. The third-order valence-electron chi connectivity index (χ3n) is 6.30. The molecule has 0 aliphatic heterocycles. The van der Waals surface area contributed by atoms with E-state index in [4.69, 9.17) is 5.73 Å². The molecule has 0 fully saturated rings. The van der Waals surface area contributed by atoms with E-state index in [9.17, 15) is 34.5 Å². The maximum absolute atomic E-state index is 13.3. The van der Waals surface area contributed by atoms with Crippen molar-refractivity contribution < 1.29 is 34.5 Å². The molecule has 0 bridgehead atoms. The second kappa shape index (κ2) is 16.5. The number of phenols is 2. The molecule has 2 aromatic rings. The predicted octanol–water partition coefficient (Wildman–Crippen LogP) is 1.55. The zero-order valence-corrected chi connectivity index (χ0v) is 24.3. The fourth-order valence-corrected chi connectivity index (χ4v) is 4.55. The highest BCUT2D eigenvalue weighted by Gasteiger charge is 2.30. The van der Waals surface area contributed by atoms with E-state index in [1.807, 2.05) is 20.1 Å². The van der Waals surface area contributed by atoms with Crippen molar-refractivity contribution >= 4 is 35.5 Å². The maximum atomic E-state index is 13.3. The van der Waals surface area contributed by atoms with Gasteiger partial charge in [0.05, 0.1) is 6.04 Å². The standard InChI is InChI=1S/C29H40N4O7S/c1-17(2)14-24(32-26(36)22(30)15-18-4-8-20(34)9-5-18)28(38)31-23(12-13-41-3)27(37)33-25(29(39)40)16-19-6-10-21(35)11-7-19/h4-11,17,22-25,34-35H,12-16,30H2,1-3H3,(H,31,38)(H,32,36)(H,33,37)(H,39,40). The normalized spacial score (nSPS) is 14.0. The van der Waals surface area contributed by atoms with E-state index in [1.165, 1.54) is 36.0 Å². The van der Waals surface area contributed by atoms with Crippen LogP contribution < -0.4 is 21.7 Å². The zero-order valence-electron chi connectivity index (χ0n) is 23.5. The van der Waals surface area contributed by atoms with Crippen LogP contribution in [0.25, 0.3) is 0 Å². The van der Waals surface area contributed by atoms with Crippen LogP contribution in [0.15, 0.2) is 48.5 Å². The Morgan fingerprint density at radius 3 is 1.71 bits per heavy atom. The van der Waals surface area contributed by atoms with Gasteiger partial charge in [-0.2, -0.15) is 11.8 Å². The Morgan fingerprint density at radius 1 is 0.756 bits per heavy atom. The number of hydrogen-bond donors (Lipinski definition) is 7. The highest BCUT2D eigenvalue weighted by molar-refractivity contribution is 7.98. The lowest BCUT2D eigenvalue weighted by Gasteiger charge is -2.26. The largest absolute Gasteiger partial charge is 0.508 e. The molecule has 11 nitrogen and oxygen atoms in total. The van der Waals surface area contributed by atoms with Crippen LogP contribution >= 0.6 is 11.8 Å². The molecule has 224 valence electrons. The summed E-state index contributed by atoms with van der Waals surface area (Å²) in [6, 6.07) is 8.07. The zero-order chi connectivity index (χ0) is 30.5. The fraction of sp³-hybridized carbons (Fsp3) is 0.448. The topological polar surface area (TPSA) is 191 Å². The number of carboxylic acid groups (broad SMARTS) is 1. The van der Waals surface area contributed by atoms with E-state index in [2.05, 4.69) is 16.0 Å². The lowest BCUT2D eigenvalue weighted by Crippen LogP contribution is -2.57. The van der Waals surface area contributed by atoms with Gasteiger partial charge >= 0.3 is 5.97 Å². The van der Waals surface area contributed by atoms with Crippen LogP contribution in [0.5, 0.6) is 11.5 Å². The van der Waals surface area contributed by atoms with Crippen molar-refractivity contribution in [1.82, 2.24) is 16.0 Å². The first kappa shape index (κ1) is 33.4. The number of aliphatic carboxylic acids is 1. The Labute approximate surface area is 244 Å². The van der Waals surface area contributed by atoms with Crippen molar-refractivity contribution in [2.24, 2.45) is 11.7 Å². The minimum Gasteiger partial charge on any atom is -0.508 e. The number of carbonyl (C=O) groups excluding carboxylic acids is 3. The Hall–Kier alpha value is -3.77. The summed E-state index contributed by atoms with van der Waals surface area (Å²) in [7, 11) is 0. The molecule has 0 aromatic heterocycles. The van der Waals surface area contributed by atoms with Crippen molar-refractivity contribution in [2.45, 2.75) is 63.7 Å². The van der Waals surface area contributed by atoms with Gasteiger partial charge in [0.15, 0.2) is 0 Å². The lowest BCUT2D eigenvalue weighted by atomic mass is 10.0. The summed E-state index contributed by atoms with van der Waals surface area (Å²) in [6.07, 6.45) is 2.55. The summed E-state index contributed by atoms with van der Waals surface area (Å²) in [5, 5.41) is 36.6. The van der Waals surface area contributed by atoms with Gasteiger partial charge in [-0.25, -0.2) is 4.79 Å². The molecule has 3 amide bonds. The third-order valence-corrected chi connectivity index (χ3v) is 6.95. The average molecular weight is 589 g/mol. The van der Waals surface area contributed by atoms with E-state index in [0.717, 1.165) is 5.56 Å². The van der Waals surface area contributed by atoms with Gasteiger partial charge in [-0.15, -0.1) is 0 Å². The first-order valence-electron chi connectivity index (χ1n) is 13.3. The molecular formula is C29H40N4O7S. The first-order chi connectivity index (χ1) is 19.4.